The number of amides is 1. The molecule has 2 fully saturated rings. The fraction of sp³-hybridized carbons (Fsp3) is 0.400. The Kier molecular flexibility index (Phi) is 9.24. The molecular formula is C30H32F4N4O3S. The molecule has 42 heavy (non-hydrogen) atoms. The van der Waals surface area contributed by atoms with Gasteiger partial charge in [-0.3, -0.25) is 9.78 Å². The molecule has 2 aliphatic rings. The molecule has 1 aliphatic heterocycles. The van der Waals surface area contributed by atoms with Crippen molar-refractivity contribution < 1.29 is 30.8 Å². The van der Waals surface area contributed by atoms with Crippen LogP contribution in [-0.2, 0) is 21.2 Å². The molecule has 12 heteroatoms. The largest absolute Gasteiger partial charge is 0.324 e. The molecule has 7 nitrogen and oxygen atoms in total. The number of sulfonamides is 1. The van der Waals surface area contributed by atoms with Gasteiger partial charge < -0.3 is 10.6 Å². The van der Waals surface area contributed by atoms with Gasteiger partial charge in [-0.1, -0.05) is 12.1 Å². The maximum atomic E-state index is 15.0. The van der Waals surface area contributed by atoms with Crippen molar-refractivity contribution in [2.75, 3.05) is 30.7 Å². The standard InChI is InChI=1S/C30H32F4N4O3S/c31-22-5-3-20(4-6-22)27(21-11-23(32)13-24(33)12-21)14-30(39)37-29-17-36-16-28(34)26(29)8-7-25-15-35-9-10-38(25)42(40,41)18-19-1-2-19/h3-6,11-13,16-17,19,25,27,35H,1-2,7-10,14-15,18H2,(H,37,39)/t25?,27-/m0/s1. The summed E-state index contributed by atoms with van der Waals surface area (Å²) in [4.78, 5) is 17.1. The van der Waals surface area contributed by atoms with Crippen LogP contribution >= 0.6 is 0 Å². The topological polar surface area (TPSA) is 91.4 Å². The van der Waals surface area contributed by atoms with Crippen molar-refractivity contribution in [1.29, 1.82) is 0 Å². The molecule has 1 amide bonds. The third-order valence-corrected chi connectivity index (χ3v) is 9.84. The van der Waals surface area contributed by atoms with E-state index in [1.54, 1.807) is 0 Å². The first kappa shape index (κ1) is 30.1. The Balaban J connectivity index is 1.33. The van der Waals surface area contributed by atoms with E-state index >= 15 is 4.39 Å². The highest BCUT2D eigenvalue weighted by Gasteiger charge is 2.36. The molecule has 0 spiro atoms. The van der Waals surface area contributed by atoms with Gasteiger partial charge in [0.15, 0.2) is 0 Å². The predicted octanol–water partition coefficient (Wildman–Crippen LogP) is 4.74. The molecule has 0 bridgehead atoms. The lowest BCUT2D eigenvalue weighted by Crippen LogP contribution is -2.54. The summed E-state index contributed by atoms with van der Waals surface area (Å²) in [7, 11) is -3.45. The Labute approximate surface area is 242 Å². The van der Waals surface area contributed by atoms with Crippen LogP contribution in [0.5, 0.6) is 0 Å². The second-order valence-electron chi connectivity index (χ2n) is 10.9. The second kappa shape index (κ2) is 12.9. The van der Waals surface area contributed by atoms with E-state index in [2.05, 4.69) is 15.6 Å². The van der Waals surface area contributed by atoms with Gasteiger partial charge in [0.2, 0.25) is 15.9 Å². The molecule has 2 atom stereocenters. The molecule has 1 aromatic heterocycles. The molecule has 224 valence electrons. The van der Waals surface area contributed by atoms with Gasteiger partial charge in [0, 0.05) is 49.6 Å². The number of pyridine rings is 1. The number of nitrogens with one attached hydrogen (secondary N) is 2. The average Bonchev–Trinajstić information content (AvgIpc) is 3.75. The predicted molar refractivity (Wildman–Crippen MR) is 150 cm³/mol. The van der Waals surface area contributed by atoms with Crippen LogP contribution in [0.15, 0.2) is 54.9 Å². The van der Waals surface area contributed by atoms with Gasteiger partial charge in [0.1, 0.15) is 23.3 Å². The quantitative estimate of drug-likeness (QED) is 0.309. The first-order valence-electron chi connectivity index (χ1n) is 13.9. The monoisotopic (exact) mass is 604 g/mol. The minimum atomic E-state index is -3.45. The number of benzene rings is 2. The number of hydrogen-bond donors (Lipinski definition) is 2. The summed E-state index contributed by atoms with van der Waals surface area (Å²) in [5.41, 5.74) is 0.952. The third kappa shape index (κ3) is 7.53. The molecular weight excluding hydrogens is 572 g/mol. The number of hydrogen-bond acceptors (Lipinski definition) is 5. The van der Waals surface area contributed by atoms with Gasteiger partial charge in [0.25, 0.3) is 0 Å². The zero-order chi connectivity index (χ0) is 29.9. The zero-order valence-corrected chi connectivity index (χ0v) is 23.6. The summed E-state index contributed by atoms with van der Waals surface area (Å²) in [6.07, 6.45) is 4.36. The van der Waals surface area contributed by atoms with Crippen molar-refractivity contribution in [1.82, 2.24) is 14.6 Å². The van der Waals surface area contributed by atoms with Crippen LogP contribution in [0.4, 0.5) is 23.2 Å². The third-order valence-electron chi connectivity index (χ3n) is 7.75. The maximum absolute atomic E-state index is 15.0. The van der Waals surface area contributed by atoms with Gasteiger partial charge in [0.05, 0.1) is 23.8 Å². The molecule has 2 aromatic carbocycles. The first-order valence-corrected chi connectivity index (χ1v) is 15.5. The van der Waals surface area contributed by atoms with Crippen molar-refractivity contribution in [3.8, 4) is 0 Å². The molecule has 5 rings (SSSR count). The van der Waals surface area contributed by atoms with E-state index in [4.69, 9.17) is 0 Å². The lowest BCUT2D eigenvalue weighted by atomic mass is 9.88. The lowest BCUT2D eigenvalue weighted by molar-refractivity contribution is -0.116. The highest BCUT2D eigenvalue weighted by molar-refractivity contribution is 7.89. The van der Waals surface area contributed by atoms with E-state index in [1.807, 2.05) is 0 Å². The Bertz CT molecular complexity index is 1510. The van der Waals surface area contributed by atoms with E-state index < -0.39 is 45.1 Å². The van der Waals surface area contributed by atoms with Crippen LogP contribution < -0.4 is 10.6 Å². The zero-order valence-electron chi connectivity index (χ0n) is 22.8. The summed E-state index contributed by atoms with van der Waals surface area (Å²) in [6, 6.07) is 7.83. The van der Waals surface area contributed by atoms with Crippen LogP contribution in [0.3, 0.4) is 0 Å². The SMILES string of the molecule is O=C(C[C@@H](c1ccc(F)cc1)c1cc(F)cc(F)c1)Nc1cncc(F)c1CCC1CNCCN1S(=O)(=O)CC1CC1. The number of carbonyl (C=O) groups is 1. The van der Waals surface area contributed by atoms with Gasteiger partial charge >= 0.3 is 0 Å². The van der Waals surface area contributed by atoms with E-state index in [0.717, 1.165) is 37.2 Å². The minimum absolute atomic E-state index is 0.124. The van der Waals surface area contributed by atoms with Crippen LogP contribution in [0.2, 0.25) is 0 Å². The van der Waals surface area contributed by atoms with Crippen LogP contribution in [0.25, 0.3) is 0 Å². The average molecular weight is 605 g/mol. The maximum Gasteiger partial charge on any atom is 0.225 e. The van der Waals surface area contributed by atoms with Crippen molar-refractivity contribution >= 4 is 21.6 Å². The number of piperazine rings is 1. The van der Waals surface area contributed by atoms with Crippen molar-refractivity contribution in [2.24, 2.45) is 5.92 Å². The number of carbonyl (C=O) groups excluding carboxylic acids is 1. The Hall–Kier alpha value is -3.35. The first-order chi connectivity index (χ1) is 20.1. The van der Waals surface area contributed by atoms with Crippen LogP contribution in [0.1, 0.15) is 48.3 Å². The van der Waals surface area contributed by atoms with Crippen molar-refractivity contribution in [3.05, 3.63) is 94.8 Å². The lowest BCUT2D eigenvalue weighted by Gasteiger charge is -2.35. The number of anilines is 1. The molecule has 1 saturated heterocycles. The second-order valence-corrected chi connectivity index (χ2v) is 12.9. The summed E-state index contributed by atoms with van der Waals surface area (Å²) >= 11 is 0. The Morgan fingerprint density at radius 1 is 1.00 bits per heavy atom. The van der Waals surface area contributed by atoms with Gasteiger partial charge in [-0.2, -0.15) is 4.31 Å². The number of rotatable bonds is 11. The highest BCUT2D eigenvalue weighted by Crippen LogP contribution is 2.33. The highest BCUT2D eigenvalue weighted by atomic mass is 32.2. The number of halogens is 4. The molecule has 3 aromatic rings. The molecule has 1 unspecified atom stereocenters. The summed E-state index contributed by atoms with van der Waals surface area (Å²) in [5, 5.41) is 5.88. The number of aromatic nitrogens is 1. The van der Waals surface area contributed by atoms with Gasteiger partial charge in [-0.15, -0.1) is 0 Å². The van der Waals surface area contributed by atoms with Crippen LogP contribution in [0, 0.1) is 29.2 Å². The molecule has 1 aliphatic carbocycles. The van der Waals surface area contributed by atoms with Crippen LogP contribution in [-0.4, -0.2) is 55.0 Å². The molecule has 0 radical (unpaired) electrons. The molecule has 1 saturated carbocycles. The fourth-order valence-corrected chi connectivity index (χ4v) is 7.58. The van der Waals surface area contributed by atoms with Crippen molar-refractivity contribution in [3.63, 3.8) is 0 Å². The number of nitrogens with zero attached hydrogens (tertiary/aromatic N) is 2. The van der Waals surface area contributed by atoms with Gasteiger partial charge in [-0.25, -0.2) is 26.0 Å². The van der Waals surface area contributed by atoms with E-state index in [1.165, 1.54) is 34.8 Å². The summed E-state index contributed by atoms with van der Waals surface area (Å²) < 4.78 is 84.3. The summed E-state index contributed by atoms with van der Waals surface area (Å²) in [6.45, 7) is 1.31. The smallest absolute Gasteiger partial charge is 0.225 e. The molecule has 2 heterocycles. The van der Waals surface area contributed by atoms with E-state index in [-0.39, 0.29) is 47.4 Å². The fourth-order valence-electron chi connectivity index (χ4n) is 5.45. The molecule has 2 N–H and O–H groups in total. The van der Waals surface area contributed by atoms with Crippen molar-refractivity contribution in [2.45, 2.75) is 44.1 Å². The van der Waals surface area contributed by atoms with E-state index in [9.17, 15) is 26.4 Å². The van der Waals surface area contributed by atoms with E-state index in [0.29, 0.717) is 31.6 Å². The van der Waals surface area contributed by atoms with Gasteiger partial charge in [-0.05, 0) is 67.0 Å². The Morgan fingerprint density at radius 2 is 1.71 bits per heavy atom. The Morgan fingerprint density at radius 3 is 2.40 bits per heavy atom. The normalized spacial score (nSPS) is 18.5. The minimum Gasteiger partial charge on any atom is -0.324 e. The summed E-state index contributed by atoms with van der Waals surface area (Å²) in [5.74, 6) is -3.86.